The fourth-order valence-corrected chi connectivity index (χ4v) is 1.27. The molecule has 1 amide bonds. The Balaban J connectivity index is 0.00000289. The van der Waals surface area contributed by atoms with Gasteiger partial charge in [-0.3, -0.25) is 4.79 Å². The number of rotatable bonds is 5. The van der Waals surface area contributed by atoms with Crippen LogP contribution in [0.5, 0.6) is 5.75 Å². The lowest BCUT2D eigenvalue weighted by molar-refractivity contribution is -0.117. The van der Waals surface area contributed by atoms with Gasteiger partial charge in [0.05, 0.1) is 12.6 Å². The molecular weight excluding hydrogens is 259 g/mol. The first-order chi connectivity index (χ1) is 8.08. The molecule has 0 fully saturated rings. The Hall–Kier alpha value is -1.33. The van der Waals surface area contributed by atoms with E-state index in [1.807, 2.05) is 6.92 Å². The largest absolute Gasteiger partial charge is 0.491 e. The summed E-state index contributed by atoms with van der Waals surface area (Å²) in [6, 6.07) is 3.69. The molecular formula is C12H18ClFN2O2. The molecule has 0 radical (unpaired) electrons. The Labute approximate surface area is 112 Å². The van der Waals surface area contributed by atoms with E-state index in [-0.39, 0.29) is 24.1 Å². The number of benzene rings is 1. The molecule has 18 heavy (non-hydrogen) atoms. The van der Waals surface area contributed by atoms with E-state index in [9.17, 15) is 9.18 Å². The minimum atomic E-state index is -0.579. The van der Waals surface area contributed by atoms with E-state index in [2.05, 4.69) is 5.32 Å². The van der Waals surface area contributed by atoms with Gasteiger partial charge in [-0.15, -0.1) is 12.4 Å². The first-order valence-corrected chi connectivity index (χ1v) is 5.57. The first kappa shape index (κ1) is 16.7. The topological polar surface area (TPSA) is 64.3 Å². The number of carbonyl (C=O) groups excluding carboxylic acids is 1. The van der Waals surface area contributed by atoms with Crippen molar-refractivity contribution in [1.82, 2.24) is 0 Å². The standard InChI is InChI=1S/C12H17FN2O2.ClH/c1-3-10(14)12(16)15-8-5-6-11(17-4-2)9(13)7-8;/h5-7,10H,3-4,14H2,1-2H3,(H,15,16);1H/t10-;/m0./s1. The van der Waals surface area contributed by atoms with Crippen LogP contribution in [0.25, 0.3) is 0 Å². The smallest absolute Gasteiger partial charge is 0.241 e. The highest BCUT2D eigenvalue weighted by molar-refractivity contribution is 5.94. The second-order valence-electron chi connectivity index (χ2n) is 3.58. The van der Waals surface area contributed by atoms with E-state index in [1.165, 1.54) is 12.1 Å². The summed E-state index contributed by atoms with van der Waals surface area (Å²) in [5.74, 6) is -0.656. The van der Waals surface area contributed by atoms with E-state index in [0.29, 0.717) is 18.7 Å². The molecule has 0 spiro atoms. The molecule has 0 aliphatic heterocycles. The van der Waals surface area contributed by atoms with E-state index in [0.717, 1.165) is 0 Å². The van der Waals surface area contributed by atoms with Crippen molar-refractivity contribution >= 4 is 24.0 Å². The van der Waals surface area contributed by atoms with E-state index in [1.54, 1.807) is 13.0 Å². The summed E-state index contributed by atoms with van der Waals surface area (Å²) in [5, 5.41) is 2.54. The summed E-state index contributed by atoms with van der Waals surface area (Å²) in [4.78, 5) is 11.5. The Morgan fingerprint density at radius 3 is 2.67 bits per heavy atom. The maximum absolute atomic E-state index is 13.5. The lowest BCUT2D eigenvalue weighted by Gasteiger charge is -2.11. The van der Waals surface area contributed by atoms with Crippen molar-refractivity contribution in [2.75, 3.05) is 11.9 Å². The van der Waals surface area contributed by atoms with Crippen LogP contribution in [-0.4, -0.2) is 18.6 Å². The molecule has 1 atom stereocenters. The third-order valence-electron chi connectivity index (χ3n) is 2.28. The van der Waals surface area contributed by atoms with E-state index < -0.39 is 11.9 Å². The van der Waals surface area contributed by atoms with E-state index >= 15 is 0 Å². The summed E-state index contributed by atoms with van der Waals surface area (Å²) in [6.45, 7) is 3.97. The Bertz CT molecular complexity index is 402. The summed E-state index contributed by atoms with van der Waals surface area (Å²) in [5.41, 5.74) is 5.92. The number of nitrogens with one attached hydrogen (secondary N) is 1. The van der Waals surface area contributed by atoms with Gasteiger partial charge >= 0.3 is 0 Å². The monoisotopic (exact) mass is 276 g/mol. The molecule has 4 nitrogen and oxygen atoms in total. The van der Waals surface area contributed by atoms with Crippen LogP contribution in [0.3, 0.4) is 0 Å². The molecule has 0 unspecified atom stereocenters. The van der Waals surface area contributed by atoms with Crippen LogP contribution in [0, 0.1) is 5.82 Å². The van der Waals surface area contributed by atoms with Gasteiger partial charge in [0.25, 0.3) is 0 Å². The molecule has 0 bridgehead atoms. The van der Waals surface area contributed by atoms with Crippen LogP contribution in [0.15, 0.2) is 18.2 Å². The quantitative estimate of drug-likeness (QED) is 0.867. The first-order valence-electron chi connectivity index (χ1n) is 5.57. The van der Waals surface area contributed by atoms with Crippen molar-refractivity contribution in [3.05, 3.63) is 24.0 Å². The van der Waals surface area contributed by atoms with Crippen molar-refractivity contribution in [1.29, 1.82) is 0 Å². The van der Waals surface area contributed by atoms with Gasteiger partial charge in [0.15, 0.2) is 11.6 Å². The fraction of sp³-hybridized carbons (Fsp3) is 0.417. The third-order valence-corrected chi connectivity index (χ3v) is 2.28. The number of nitrogens with two attached hydrogens (primary N) is 1. The lowest BCUT2D eigenvalue weighted by Crippen LogP contribution is -2.34. The van der Waals surface area contributed by atoms with Crippen molar-refractivity contribution in [2.45, 2.75) is 26.3 Å². The van der Waals surface area contributed by atoms with Gasteiger partial charge in [0.2, 0.25) is 5.91 Å². The maximum atomic E-state index is 13.5. The SMILES string of the molecule is CCOc1ccc(NC(=O)[C@@H](N)CC)cc1F.Cl. The van der Waals surface area contributed by atoms with E-state index in [4.69, 9.17) is 10.5 Å². The van der Waals surface area contributed by atoms with Crippen LogP contribution >= 0.6 is 12.4 Å². The highest BCUT2D eigenvalue weighted by atomic mass is 35.5. The Morgan fingerprint density at radius 2 is 2.17 bits per heavy atom. The average molecular weight is 277 g/mol. The molecule has 3 N–H and O–H groups in total. The van der Waals surface area contributed by atoms with Gasteiger partial charge in [-0.1, -0.05) is 6.92 Å². The van der Waals surface area contributed by atoms with Gasteiger partial charge in [-0.2, -0.15) is 0 Å². The van der Waals surface area contributed by atoms with Crippen molar-refractivity contribution in [3.8, 4) is 5.75 Å². The summed E-state index contributed by atoms with van der Waals surface area (Å²) < 4.78 is 18.5. The zero-order valence-electron chi connectivity index (χ0n) is 10.4. The van der Waals surface area contributed by atoms with Gasteiger partial charge in [0.1, 0.15) is 0 Å². The molecule has 0 heterocycles. The molecule has 1 aromatic rings. The highest BCUT2D eigenvalue weighted by Gasteiger charge is 2.12. The van der Waals surface area contributed by atoms with Crippen LogP contribution < -0.4 is 15.8 Å². The molecule has 102 valence electrons. The van der Waals surface area contributed by atoms with Gasteiger partial charge in [-0.25, -0.2) is 4.39 Å². The zero-order chi connectivity index (χ0) is 12.8. The van der Waals surface area contributed by atoms with Crippen molar-refractivity contribution in [2.24, 2.45) is 5.73 Å². The zero-order valence-corrected chi connectivity index (χ0v) is 11.2. The number of anilines is 1. The molecule has 0 aromatic heterocycles. The number of halogens is 2. The molecule has 0 aliphatic rings. The minimum Gasteiger partial charge on any atom is -0.491 e. The molecule has 0 saturated carbocycles. The minimum absolute atomic E-state index is 0. The molecule has 1 aromatic carbocycles. The predicted molar refractivity (Wildman–Crippen MR) is 71.7 cm³/mol. The molecule has 6 heteroatoms. The maximum Gasteiger partial charge on any atom is 0.241 e. The van der Waals surface area contributed by atoms with Crippen LogP contribution in [0.2, 0.25) is 0 Å². The average Bonchev–Trinajstić information content (AvgIpc) is 2.31. The van der Waals surface area contributed by atoms with Crippen LogP contribution in [-0.2, 0) is 4.79 Å². The molecule has 0 saturated heterocycles. The van der Waals surface area contributed by atoms with Crippen LogP contribution in [0.4, 0.5) is 10.1 Å². The second-order valence-corrected chi connectivity index (χ2v) is 3.58. The normalized spacial score (nSPS) is 11.3. The number of ether oxygens (including phenoxy) is 1. The fourth-order valence-electron chi connectivity index (χ4n) is 1.27. The Morgan fingerprint density at radius 1 is 1.50 bits per heavy atom. The Kier molecular flexibility index (Phi) is 7.31. The number of carbonyl (C=O) groups is 1. The number of amides is 1. The lowest BCUT2D eigenvalue weighted by atomic mass is 10.2. The summed E-state index contributed by atoms with van der Waals surface area (Å²) in [6.07, 6.45) is 0.533. The highest BCUT2D eigenvalue weighted by Crippen LogP contribution is 2.21. The third kappa shape index (κ3) is 4.50. The van der Waals surface area contributed by atoms with Gasteiger partial charge in [0, 0.05) is 11.8 Å². The predicted octanol–water partition coefficient (Wildman–Crippen LogP) is 2.32. The van der Waals surface area contributed by atoms with Gasteiger partial charge in [-0.05, 0) is 25.5 Å². The molecule has 0 aliphatic carbocycles. The molecule has 1 rings (SSSR count). The second kappa shape index (κ2) is 7.89. The van der Waals surface area contributed by atoms with Crippen molar-refractivity contribution < 1.29 is 13.9 Å². The van der Waals surface area contributed by atoms with Crippen molar-refractivity contribution in [3.63, 3.8) is 0 Å². The number of hydrogen-bond donors (Lipinski definition) is 2. The summed E-state index contributed by atoms with van der Waals surface area (Å²) >= 11 is 0. The van der Waals surface area contributed by atoms with Crippen LogP contribution in [0.1, 0.15) is 20.3 Å². The van der Waals surface area contributed by atoms with Gasteiger partial charge < -0.3 is 15.8 Å². The number of hydrogen-bond acceptors (Lipinski definition) is 3. The summed E-state index contributed by atoms with van der Waals surface area (Å²) in [7, 11) is 0.